The number of ether oxygens (including phenoxy) is 1. The van der Waals surface area contributed by atoms with Crippen LogP contribution >= 0.6 is 11.6 Å². The first-order valence-electron chi connectivity index (χ1n) is 7.75. The number of hydrogen-bond donors (Lipinski definition) is 2. The fourth-order valence-corrected chi connectivity index (χ4v) is 3.08. The van der Waals surface area contributed by atoms with Gasteiger partial charge in [0.25, 0.3) is 0 Å². The third-order valence-corrected chi connectivity index (χ3v) is 4.26. The maximum absolute atomic E-state index is 6.18. The van der Waals surface area contributed by atoms with Crippen LogP contribution in [0.15, 0.2) is 48.8 Å². The first-order chi connectivity index (χ1) is 11.8. The van der Waals surface area contributed by atoms with E-state index in [0.717, 1.165) is 33.6 Å². The smallest absolute Gasteiger partial charge is 0.139 e. The minimum atomic E-state index is 0.624. The molecule has 122 valence electrons. The Morgan fingerprint density at radius 2 is 2.21 bits per heavy atom. The third kappa shape index (κ3) is 2.52. The number of pyridine rings is 1. The summed E-state index contributed by atoms with van der Waals surface area (Å²) in [7, 11) is 1.69. The zero-order valence-corrected chi connectivity index (χ0v) is 14.0. The van der Waals surface area contributed by atoms with E-state index in [-0.39, 0.29) is 0 Å². The second-order valence-electron chi connectivity index (χ2n) is 5.55. The molecule has 0 radical (unpaired) electrons. The molecule has 0 bridgehead atoms. The van der Waals surface area contributed by atoms with Gasteiger partial charge in [0.2, 0.25) is 0 Å². The lowest BCUT2D eigenvalue weighted by molar-refractivity contribution is 0.210. The van der Waals surface area contributed by atoms with Crippen LogP contribution in [0.3, 0.4) is 0 Å². The van der Waals surface area contributed by atoms with Crippen LogP contribution in [-0.2, 0) is 4.74 Å². The van der Waals surface area contributed by atoms with Gasteiger partial charge in [-0.15, -0.1) is 0 Å². The Hall–Kier alpha value is -2.50. The van der Waals surface area contributed by atoms with Gasteiger partial charge in [-0.25, -0.2) is 4.98 Å². The topological polar surface area (TPSA) is 54.3 Å². The van der Waals surface area contributed by atoms with Crippen LogP contribution < -0.4 is 5.32 Å². The molecule has 0 aliphatic carbocycles. The van der Waals surface area contributed by atoms with Gasteiger partial charge in [0.1, 0.15) is 17.2 Å². The van der Waals surface area contributed by atoms with Gasteiger partial charge in [-0.3, -0.25) is 4.40 Å². The van der Waals surface area contributed by atoms with Crippen molar-refractivity contribution in [2.45, 2.75) is 0 Å². The molecule has 4 rings (SSSR count). The van der Waals surface area contributed by atoms with Crippen molar-refractivity contribution in [2.24, 2.45) is 0 Å². The summed E-state index contributed by atoms with van der Waals surface area (Å²) >= 11 is 6.18. The number of H-pyrrole nitrogens is 1. The summed E-state index contributed by atoms with van der Waals surface area (Å²) in [5, 5.41) is 5.20. The van der Waals surface area contributed by atoms with Gasteiger partial charge in [-0.1, -0.05) is 17.7 Å². The summed E-state index contributed by atoms with van der Waals surface area (Å²) in [4.78, 5) is 8.10. The van der Waals surface area contributed by atoms with Crippen molar-refractivity contribution in [2.75, 3.05) is 25.6 Å². The van der Waals surface area contributed by atoms with Gasteiger partial charge in [0, 0.05) is 47.5 Å². The fraction of sp³-hybridized carbons (Fsp3) is 0.167. The molecule has 0 spiro atoms. The monoisotopic (exact) mass is 340 g/mol. The van der Waals surface area contributed by atoms with Crippen molar-refractivity contribution in [3.8, 4) is 11.3 Å². The zero-order valence-electron chi connectivity index (χ0n) is 13.2. The molecule has 5 nitrogen and oxygen atoms in total. The van der Waals surface area contributed by atoms with Crippen LogP contribution in [0.25, 0.3) is 27.8 Å². The van der Waals surface area contributed by atoms with Gasteiger partial charge in [0.15, 0.2) is 0 Å². The lowest BCUT2D eigenvalue weighted by atomic mass is 10.1. The average molecular weight is 341 g/mol. The van der Waals surface area contributed by atoms with E-state index in [1.807, 2.05) is 53.2 Å². The predicted molar refractivity (Wildman–Crippen MR) is 97.9 cm³/mol. The molecule has 0 saturated carbocycles. The van der Waals surface area contributed by atoms with Crippen LogP contribution in [-0.4, -0.2) is 34.6 Å². The van der Waals surface area contributed by atoms with Gasteiger partial charge < -0.3 is 15.0 Å². The van der Waals surface area contributed by atoms with Gasteiger partial charge >= 0.3 is 0 Å². The van der Waals surface area contributed by atoms with Crippen molar-refractivity contribution < 1.29 is 4.74 Å². The van der Waals surface area contributed by atoms with Gasteiger partial charge in [-0.05, 0) is 30.3 Å². The van der Waals surface area contributed by atoms with E-state index in [1.165, 1.54) is 0 Å². The predicted octanol–water partition coefficient (Wildman–Crippen LogP) is 4.19. The van der Waals surface area contributed by atoms with Crippen molar-refractivity contribution in [3.05, 3.63) is 53.8 Å². The number of anilines is 1. The highest BCUT2D eigenvalue weighted by molar-refractivity contribution is 6.31. The molecule has 2 N–H and O–H groups in total. The van der Waals surface area contributed by atoms with Crippen molar-refractivity contribution >= 4 is 34.0 Å². The molecule has 0 unspecified atom stereocenters. The fourth-order valence-electron chi connectivity index (χ4n) is 2.91. The number of halogens is 1. The lowest BCUT2D eigenvalue weighted by Crippen LogP contribution is -2.09. The summed E-state index contributed by atoms with van der Waals surface area (Å²) in [5.74, 6) is 0.948. The normalized spacial score (nSPS) is 11.4. The maximum atomic E-state index is 6.18. The number of imidazole rings is 1. The number of nitrogens with zero attached hydrogens (tertiary/aromatic N) is 2. The van der Waals surface area contributed by atoms with Crippen LogP contribution in [0.5, 0.6) is 0 Å². The Kier molecular flexibility index (Phi) is 3.88. The van der Waals surface area contributed by atoms with Gasteiger partial charge in [-0.2, -0.15) is 0 Å². The molecule has 1 aromatic carbocycles. The average Bonchev–Trinajstić information content (AvgIpc) is 3.16. The molecule has 3 aromatic heterocycles. The standard InChI is InChI=1S/C18H17ClN4O/c1-24-9-7-20-18-17(22-16-4-2-3-8-23(16)18)14-11-21-15-6-5-12(19)10-13(14)15/h2-6,8,10-11,20-21H,7,9H2,1H3. The van der Waals surface area contributed by atoms with Crippen LogP contribution in [0.2, 0.25) is 5.02 Å². The molecule has 4 aromatic rings. The molecule has 0 fully saturated rings. The lowest BCUT2D eigenvalue weighted by Gasteiger charge is -2.08. The first kappa shape index (κ1) is 15.1. The highest BCUT2D eigenvalue weighted by Gasteiger charge is 2.17. The summed E-state index contributed by atoms with van der Waals surface area (Å²) in [6.07, 6.45) is 3.98. The number of rotatable bonds is 5. The quantitative estimate of drug-likeness (QED) is 0.535. The second-order valence-corrected chi connectivity index (χ2v) is 5.99. The number of fused-ring (bicyclic) bond motifs is 2. The number of hydrogen-bond acceptors (Lipinski definition) is 3. The number of nitrogens with one attached hydrogen (secondary N) is 2. The highest BCUT2D eigenvalue weighted by Crippen LogP contribution is 2.35. The molecule has 3 heterocycles. The molecule has 0 aliphatic heterocycles. The van der Waals surface area contributed by atoms with Gasteiger partial charge in [0.05, 0.1) is 6.61 Å². The van der Waals surface area contributed by atoms with E-state index in [2.05, 4.69) is 10.3 Å². The maximum Gasteiger partial charge on any atom is 0.139 e. The number of aromatic nitrogens is 3. The van der Waals surface area contributed by atoms with Crippen molar-refractivity contribution in [1.82, 2.24) is 14.4 Å². The minimum absolute atomic E-state index is 0.624. The number of benzene rings is 1. The number of methoxy groups -OCH3 is 1. The number of aromatic amines is 1. The van der Waals surface area contributed by atoms with Crippen molar-refractivity contribution in [3.63, 3.8) is 0 Å². The molecule has 0 atom stereocenters. The molecular formula is C18H17ClN4O. The molecule has 6 heteroatoms. The second kappa shape index (κ2) is 6.19. The van der Waals surface area contributed by atoms with Crippen LogP contribution in [0, 0.1) is 0 Å². The van der Waals surface area contributed by atoms with E-state index in [9.17, 15) is 0 Å². The Bertz CT molecular complexity index is 1000. The van der Waals surface area contributed by atoms with Crippen LogP contribution in [0.4, 0.5) is 5.82 Å². The Labute approximate surface area is 144 Å². The summed E-state index contributed by atoms with van der Waals surface area (Å²) in [5.41, 5.74) is 3.85. The summed E-state index contributed by atoms with van der Waals surface area (Å²) in [6, 6.07) is 11.8. The zero-order chi connectivity index (χ0) is 16.5. The van der Waals surface area contributed by atoms with E-state index in [4.69, 9.17) is 21.3 Å². The Morgan fingerprint density at radius 1 is 1.29 bits per heavy atom. The third-order valence-electron chi connectivity index (χ3n) is 4.03. The van der Waals surface area contributed by atoms with E-state index in [0.29, 0.717) is 18.2 Å². The molecule has 0 amide bonds. The SMILES string of the molecule is COCCNc1c(-c2c[nH]c3ccc(Cl)cc23)nc2ccccn12. The van der Waals surface area contributed by atoms with Crippen LogP contribution in [0.1, 0.15) is 0 Å². The van der Waals surface area contributed by atoms with Crippen molar-refractivity contribution in [1.29, 1.82) is 0 Å². The molecular weight excluding hydrogens is 324 g/mol. The molecule has 24 heavy (non-hydrogen) atoms. The van der Waals surface area contributed by atoms with E-state index >= 15 is 0 Å². The summed E-state index contributed by atoms with van der Waals surface area (Å²) in [6.45, 7) is 1.33. The van der Waals surface area contributed by atoms with E-state index < -0.39 is 0 Å². The Morgan fingerprint density at radius 3 is 3.08 bits per heavy atom. The van der Waals surface area contributed by atoms with E-state index in [1.54, 1.807) is 7.11 Å². The highest BCUT2D eigenvalue weighted by atomic mass is 35.5. The largest absolute Gasteiger partial charge is 0.383 e. The molecule has 0 aliphatic rings. The first-order valence-corrected chi connectivity index (χ1v) is 8.12. The minimum Gasteiger partial charge on any atom is -0.383 e. The molecule has 0 saturated heterocycles. The summed E-state index contributed by atoms with van der Waals surface area (Å²) < 4.78 is 7.20. The Balaban J connectivity index is 1.91.